The first kappa shape index (κ1) is 15.2. The zero-order chi connectivity index (χ0) is 13.8. The molecule has 0 unspecified atom stereocenters. The summed E-state index contributed by atoms with van der Waals surface area (Å²) < 4.78 is 0. The third-order valence-corrected chi connectivity index (χ3v) is 2.92. The molecule has 19 heavy (non-hydrogen) atoms. The van der Waals surface area contributed by atoms with Crippen LogP contribution in [-0.2, 0) is 0 Å². The lowest BCUT2D eigenvalue weighted by atomic mass is 10.1. The van der Waals surface area contributed by atoms with Gasteiger partial charge in [0.1, 0.15) is 0 Å². The van der Waals surface area contributed by atoms with Crippen molar-refractivity contribution in [3.8, 4) is 23.7 Å². The third kappa shape index (κ3) is 7.96. The molecule has 0 heterocycles. The molecular weight excluding hydrogens is 230 g/mol. The number of hydrogen-bond acceptors (Lipinski definition) is 1. The first-order chi connectivity index (χ1) is 9.33. The molecule has 0 bridgehead atoms. The van der Waals surface area contributed by atoms with Crippen LogP contribution in [0.5, 0.6) is 0 Å². The van der Waals surface area contributed by atoms with E-state index in [2.05, 4.69) is 30.6 Å². The van der Waals surface area contributed by atoms with Gasteiger partial charge in [-0.05, 0) is 42.5 Å². The molecule has 0 aromatic heterocycles. The van der Waals surface area contributed by atoms with E-state index in [4.69, 9.17) is 5.73 Å². The average Bonchev–Trinajstić information content (AvgIpc) is 2.43. The largest absolute Gasteiger partial charge is 0.399 e. The van der Waals surface area contributed by atoms with E-state index in [1.807, 2.05) is 24.3 Å². The van der Waals surface area contributed by atoms with Gasteiger partial charge in [0.15, 0.2) is 0 Å². The Labute approximate surface area is 117 Å². The lowest BCUT2D eigenvalue weighted by molar-refractivity contribution is 0.614. The zero-order valence-corrected chi connectivity index (χ0v) is 11.8. The molecule has 0 aliphatic carbocycles. The Morgan fingerprint density at radius 2 is 1.58 bits per heavy atom. The molecule has 0 saturated heterocycles. The molecule has 0 spiro atoms. The van der Waals surface area contributed by atoms with Crippen LogP contribution in [0.15, 0.2) is 24.3 Å². The molecule has 1 nitrogen and oxygen atoms in total. The molecule has 0 aliphatic rings. The number of benzene rings is 1. The van der Waals surface area contributed by atoms with Crippen LogP contribution in [0.4, 0.5) is 5.69 Å². The summed E-state index contributed by atoms with van der Waals surface area (Å²) in [4.78, 5) is 0. The van der Waals surface area contributed by atoms with Crippen molar-refractivity contribution in [1.29, 1.82) is 0 Å². The average molecular weight is 253 g/mol. The fraction of sp³-hybridized carbons (Fsp3) is 0.444. The van der Waals surface area contributed by atoms with Crippen molar-refractivity contribution in [2.45, 2.75) is 51.9 Å². The van der Waals surface area contributed by atoms with E-state index in [-0.39, 0.29) is 0 Å². The van der Waals surface area contributed by atoms with Gasteiger partial charge in [0, 0.05) is 17.7 Å². The third-order valence-electron chi connectivity index (χ3n) is 2.92. The van der Waals surface area contributed by atoms with Gasteiger partial charge in [0.2, 0.25) is 0 Å². The molecule has 0 saturated carbocycles. The predicted octanol–water partition coefficient (Wildman–Crippen LogP) is 4.37. The Hall–Kier alpha value is -1.86. The number of nitrogen functional groups attached to an aromatic ring is 1. The van der Waals surface area contributed by atoms with Crippen LogP contribution in [0, 0.1) is 23.7 Å². The molecule has 1 aromatic rings. The van der Waals surface area contributed by atoms with Crippen molar-refractivity contribution < 1.29 is 0 Å². The van der Waals surface area contributed by atoms with Crippen LogP contribution in [0.25, 0.3) is 0 Å². The van der Waals surface area contributed by atoms with Gasteiger partial charge in [-0.25, -0.2) is 0 Å². The molecule has 0 amide bonds. The highest BCUT2D eigenvalue weighted by Gasteiger charge is 1.87. The highest BCUT2D eigenvalue weighted by molar-refractivity contribution is 5.46. The molecule has 0 aliphatic heterocycles. The summed E-state index contributed by atoms with van der Waals surface area (Å²) in [5, 5.41) is 0. The minimum atomic E-state index is 0.764. The van der Waals surface area contributed by atoms with Gasteiger partial charge in [0.25, 0.3) is 0 Å². The van der Waals surface area contributed by atoms with Gasteiger partial charge in [-0.15, -0.1) is 0 Å². The Bertz CT molecular complexity index is 462. The summed E-state index contributed by atoms with van der Waals surface area (Å²) in [6.07, 6.45) is 8.82. The van der Waals surface area contributed by atoms with E-state index >= 15 is 0 Å². The first-order valence-electron chi connectivity index (χ1n) is 7.17. The Kier molecular flexibility index (Phi) is 8.08. The van der Waals surface area contributed by atoms with E-state index in [0.29, 0.717) is 0 Å². The number of nitrogens with two attached hydrogens (primary N) is 1. The Morgan fingerprint density at radius 3 is 2.32 bits per heavy atom. The first-order valence-corrected chi connectivity index (χ1v) is 7.17. The summed E-state index contributed by atoms with van der Waals surface area (Å²) in [6.45, 7) is 2.24. The van der Waals surface area contributed by atoms with Crippen molar-refractivity contribution in [2.75, 3.05) is 5.73 Å². The number of hydrogen-bond donors (Lipinski definition) is 1. The number of rotatable bonds is 6. The summed E-state index contributed by atoms with van der Waals surface area (Å²) in [5.41, 5.74) is 7.33. The van der Waals surface area contributed by atoms with Gasteiger partial charge in [-0.3, -0.25) is 0 Å². The lowest BCUT2D eigenvalue weighted by Gasteiger charge is -1.96. The molecule has 1 rings (SSSR count). The molecule has 0 radical (unpaired) electrons. The van der Waals surface area contributed by atoms with Crippen LogP contribution >= 0.6 is 0 Å². The summed E-state index contributed by atoms with van der Waals surface area (Å²) in [6, 6.07) is 7.54. The van der Waals surface area contributed by atoms with Crippen LogP contribution in [-0.4, -0.2) is 0 Å². The van der Waals surface area contributed by atoms with Crippen LogP contribution < -0.4 is 5.73 Å². The smallest absolute Gasteiger partial charge is 0.0314 e. The Morgan fingerprint density at radius 1 is 0.895 bits per heavy atom. The SMILES string of the molecule is CCCCCCCCC#CC#Cc1ccc(N)cc1. The normalized spacial score (nSPS) is 9.11. The van der Waals surface area contributed by atoms with E-state index < -0.39 is 0 Å². The van der Waals surface area contributed by atoms with Gasteiger partial charge < -0.3 is 5.73 Å². The maximum Gasteiger partial charge on any atom is 0.0314 e. The highest BCUT2D eigenvalue weighted by atomic mass is 14.5. The van der Waals surface area contributed by atoms with Crippen LogP contribution in [0.2, 0.25) is 0 Å². The predicted molar refractivity (Wildman–Crippen MR) is 83.5 cm³/mol. The highest BCUT2D eigenvalue weighted by Crippen LogP contribution is 2.06. The summed E-state index contributed by atoms with van der Waals surface area (Å²) in [5.74, 6) is 11.9. The van der Waals surface area contributed by atoms with Crippen molar-refractivity contribution in [1.82, 2.24) is 0 Å². The molecule has 2 N–H and O–H groups in total. The topological polar surface area (TPSA) is 26.0 Å². The standard InChI is InChI=1S/C18H23N/c1-2-3-4-5-6-7-8-9-10-11-12-17-13-15-18(19)16-14-17/h13-16H,2-8,19H2,1H3. The minimum absolute atomic E-state index is 0.764. The van der Waals surface area contributed by atoms with Gasteiger partial charge in [-0.2, -0.15) is 0 Å². The molecular formula is C18H23N. The van der Waals surface area contributed by atoms with Crippen LogP contribution in [0.1, 0.15) is 57.4 Å². The lowest BCUT2D eigenvalue weighted by Crippen LogP contribution is -1.82. The van der Waals surface area contributed by atoms with E-state index in [1.165, 1.54) is 38.5 Å². The molecule has 0 atom stereocenters. The van der Waals surface area contributed by atoms with Crippen molar-refractivity contribution in [3.05, 3.63) is 29.8 Å². The maximum absolute atomic E-state index is 5.60. The fourth-order valence-corrected chi connectivity index (χ4v) is 1.77. The van der Waals surface area contributed by atoms with E-state index in [0.717, 1.165) is 17.7 Å². The van der Waals surface area contributed by atoms with Crippen molar-refractivity contribution >= 4 is 5.69 Å². The molecule has 100 valence electrons. The second kappa shape index (κ2) is 10.1. The number of anilines is 1. The summed E-state index contributed by atoms with van der Waals surface area (Å²) >= 11 is 0. The second-order valence-electron chi connectivity index (χ2n) is 4.69. The van der Waals surface area contributed by atoms with Crippen molar-refractivity contribution in [2.24, 2.45) is 0 Å². The van der Waals surface area contributed by atoms with E-state index in [1.54, 1.807) is 0 Å². The fourth-order valence-electron chi connectivity index (χ4n) is 1.77. The summed E-state index contributed by atoms with van der Waals surface area (Å²) in [7, 11) is 0. The second-order valence-corrected chi connectivity index (χ2v) is 4.69. The minimum Gasteiger partial charge on any atom is -0.399 e. The monoisotopic (exact) mass is 253 g/mol. The number of unbranched alkanes of at least 4 members (excludes halogenated alkanes) is 6. The molecule has 1 aromatic carbocycles. The van der Waals surface area contributed by atoms with Gasteiger partial charge in [-0.1, -0.05) is 50.9 Å². The van der Waals surface area contributed by atoms with Crippen molar-refractivity contribution in [3.63, 3.8) is 0 Å². The molecule has 1 heteroatoms. The van der Waals surface area contributed by atoms with E-state index in [9.17, 15) is 0 Å². The van der Waals surface area contributed by atoms with Gasteiger partial charge in [0.05, 0.1) is 0 Å². The maximum atomic E-state index is 5.60. The van der Waals surface area contributed by atoms with Crippen LogP contribution in [0.3, 0.4) is 0 Å². The Balaban J connectivity index is 2.16. The zero-order valence-electron chi connectivity index (χ0n) is 11.8. The molecule has 0 fully saturated rings. The van der Waals surface area contributed by atoms with Gasteiger partial charge >= 0.3 is 0 Å². The quantitative estimate of drug-likeness (QED) is 0.454.